The summed E-state index contributed by atoms with van der Waals surface area (Å²) in [4.78, 5) is 12.2. The summed E-state index contributed by atoms with van der Waals surface area (Å²) in [5.41, 5.74) is 1.06. The highest BCUT2D eigenvalue weighted by Gasteiger charge is 2.55. The highest BCUT2D eigenvalue weighted by Crippen LogP contribution is 2.52. The van der Waals surface area contributed by atoms with E-state index in [1.165, 1.54) is 0 Å². The number of ether oxygens (including phenoxy) is 1. The van der Waals surface area contributed by atoms with Crippen molar-refractivity contribution >= 4 is 17.7 Å². The normalized spacial score (nSPS) is 35.5. The molecule has 17 heavy (non-hydrogen) atoms. The smallest absolute Gasteiger partial charge is 0.327 e. The van der Waals surface area contributed by atoms with Gasteiger partial charge in [-0.2, -0.15) is 0 Å². The molecular formula is C14H14O2S. The van der Waals surface area contributed by atoms with Crippen LogP contribution in [0.2, 0.25) is 0 Å². The lowest BCUT2D eigenvalue weighted by atomic mass is 9.86. The minimum absolute atomic E-state index is 0.0881. The van der Waals surface area contributed by atoms with Crippen molar-refractivity contribution in [3.05, 3.63) is 48.0 Å². The molecule has 3 atom stereocenters. The van der Waals surface area contributed by atoms with Crippen LogP contribution in [0.5, 0.6) is 0 Å². The van der Waals surface area contributed by atoms with Crippen molar-refractivity contribution in [3.63, 3.8) is 0 Å². The van der Waals surface area contributed by atoms with Crippen LogP contribution in [-0.2, 0) is 14.3 Å². The average Bonchev–Trinajstić information content (AvgIpc) is 2.69. The molecule has 3 heteroatoms. The molecule has 0 amide bonds. The molecule has 2 aliphatic heterocycles. The minimum atomic E-state index is -0.518. The molecule has 1 fully saturated rings. The van der Waals surface area contributed by atoms with Crippen molar-refractivity contribution in [1.29, 1.82) is 0 Å². The zero-order chi connectivity index (χ0) is 11.9. The fourth-order valence-corrected chi connectivity index (χ4v) is 4.08. The second-order valence-corrected chi connectivity index (χ2v) is 6.14. The van der Waals surface area contributed by atoms with Crippen LogP contribution in [0.25, 0.3) is 0 Å². The molecule has 3 rings (SSSR count). The van der Waals surface area contributed by atoms with E-state index in [-0.39, 0.29) is 11.9 Å². The Morgan fingerprint density at radius 1 is 1.29 bits per heavy atom. The van der Waals surface area contributed by atoms with Gasteiger partial charge in [0.15, 0.2) is 0 Å². The molecule has 0 unspecified atom stereocenters. The number of cyclic esters (lactones) is 1. The quantitative estimate of drug-likeness (QED) is 0.563. The van der Waals surface area contributed by atoms with Crippen molar-refractivity contribution in [2.75, 3.05) is 6.61 Å². The van der Waals surface area contributed by atoms with Crippen LogP contribution < -0.4 is 0 Å². The molecule has 2 heterocycles. The molecule has 1 aromatic rings. The number of fused-ring (bicyclic) bond motifs is 1. The predicted molar refractivity (Wildman–Crippen MR) is 68.8 cm³/mol. The summed E-state index contributed by atoms with van der Waals surface area (Å²) in [6, 6.07) is 9.99. The fraction of sp³-hybridized carbons (Fsp3) is 0.357. The molecule has 1 aromatic carbocycles. The first-order valence-electron chi connectivity index (χ1n) is 5.82. The maximum Gasteiger partial charge on any atom is 0.327 e. The van der Waals surface area contributed by atoms with Crippen molar-refractivity contribution in [3.8, 4) is 0 Å². The molecule has 2 aliphatic rings. The summed E-state index contributed by atoms with van der Waals surface area (Å²) in [6.07, 6.45) is 4.30. The number of hydrogen-bond donors (Lipinski definition) is 0. The lowest BCUT2D eigenvalue weighted by Gasteiger charge is -2.34. The molecule has 0 aliphatic carbocycles. The van der Waals surface area contributed by atoms with E-state index in [2.05, 4.69) is 19.1 Å². The Balaban J connectivity index is 2.13. The van der Waals surface area contributed by atoms with Crippen LogP contribution in [0.15, 0.2) is 42.5 Å². The minimum Gasteiger partial charge on any atom is -0.464 e. The van der Waals surface area contributed by atoms with E-state index >= 15 is 0 Å². The third-order valence-electron chi connectivity index (χ3n) is 3.41. The summed E-state index contributed by atoms with van der Waals surface area (Å²) in [5.74, 6) is 0.0773. The zero-order valence-electron chi connectivity index (χ0n) is 9.63. The van der Waals surface area contributed by atoms with Crippen LogP contribution in [-0.4, -0.2) is 17.8 Å². The third kappa shape index (κ3) is 1.53. The van der Waals surface area contributed by atoms with Gasteiger partial charge in [0.25, 0.3) is 0 Å². The van der Waals surface area contributed by atoms with Crippen molar-refractivity contribution in [2.45, 2.75) is 16.9 Å². The molecule has 88 valence electrons. The van der Waals surface area contributed by atoms with Gasteiger partial charge in [-0.15, -0.1) is 11.8 Å². The van der Waals surface area contributed by atoms with Gasteiger partial charge in [-0.05, 0) is 12.5 Å². The van der Waals surface area contributed by atoms with E-state index in [0.717, 1.165) is 5.56 Å². The van der Waals surface area contributed by atoms with Gasteiger partial charge in [-0.25, -0.2) is 0 Å². The van der Waals surface area contributed by atoms with Crippen LogP contribution >= 0.6 is 11.8 Å². The van der Waals surface area contributed by atoms with E-state index in [1.54, 1.807) is 11.8 Å². The molecule has 0 spiro atoms. The molecular weight excluding hydrogens is 232 g/mol. The van der Waals surface area contributed by atoms with Gasteiger partial charge in [0.1, 0.15) is 4.75 Å². The van der Waals surface area contributed by atoms with Gasteiger partial charge in [-0.1, -0.05) is 42.5 Å². The Labute approximate surface area is 105 Å². The second-order valence-electron chi connectivity index (χ2n) is 4.51. The maximum absolute atomic E-state index is 12.2. The summed E-state index contributed by atoms with van der Waals surface area (Å²) < 4.78 is 4.78. The van der Waals surface area contributed by atoms with Crippen LogP contribution in [0.3, 0.4) is 0 Å². The lowest BCUT2D eigenvalue weighted by molar-refractivity contribution is -0.140. The lowest BCUT2D eigenvalue weighted by Crippen LogP contribution is -2.37. The number of carbonyl (C=O) groups excluding carboxylic acids is 1. The Bertz CT molecular complexity index is 468. The molecule has 0 aromatic heterocycles. The molecule has 0 saturated carbocycles. The SMILES string of the molecule is C[C@H]1C=C[C@H]2COC(=O)[C@@]2(c2ccccc2)S1. The largest absolute Gasteiger partial charge is 0.464 e. The van der Waals surface area contributed by atoms with Gasteiger partial charge in [-0.3, -0.25) is 4.79 Å². The molecule has 2 nitrogen and oxygen atoms in total. The van der Waals surface area contributed by atoms with Crippen molar-refractivity contribution < 1.29 is 9.53 Å². The summed E-state index contributed by atoms with van der Waals surface area (Å²) in [7, 11) is 0. The number of hydrogen-bond acceptors (Lipinski definition) is 3. The van der Waals surface area contributed by atoms with Crippen LogP contribution in [0, 0.1) is 5.92 Å². The predicted octanol–water partition coefficient (Wildman–Crippen LogP) is 2.75. The Morgan fingerprint density at radius 3 is 2.82 bits per heavy atom. The van der Waals surface area contributed by atoms with E-state index < -0.39 is 4.75 Å². The second kappa shape index (κ2) is 3.91. The number of rotatable bonds is 1. The van der Waals surface area contributed by atoms with E-state index in [0.29, 0.717) is 11.9 Å². The van der Waals surface area contributed by atoms with Crippen molar-refractivity contribution in [2.24, 2.45) is 5.92 Å². The first-order chi connectivity index (χ1) is 8.23. The van der Waals surface area contributed by atoms with Crippen LogP contribution in [0.1, 0.15) is 12.5 Å². The topological polar surface area (TPSA) is 26.3 Å². The van der Waals surface area contributed by atoms with Gasteiger partial charge in [0, 0.05) is 11.2 Å². The van der Waals surface area contributed by atoms with Gasteiger partial charge in [0.05, 0.1) is 6.61 Å². The first-order valence-corrected chi connectivity index (χ1v) is 6.70. The van der Waals surface area contributed by atoms with E-state index in [9.17, 15) is 4.79 Å². The Kier molecular flexibility index (Phi) is 2.51. The number of thioether (sulfide) groups is 1. The van der Waals surface area contributed by atoms with Gasteiger partial charge in [0.2, 0.25) is 0 Å². The van der Waals surface area contributed by atoms with Gasteiger partial charge >= 0.3 is 5.97 Å². The summed E-state index contributed by atoms with van der Waals surface area (Å²) in [5, 5.41) is 0.345. The fourth-order valence-electron chi connectivity index (χ4n) is 2.58. The standard InChI is InChI=1S/C14H14O2S/c1-10-7-8-12-9-16-13(15)14(12,17-10)11-5-3-2-4-6-11/h2-8,10,12H,9H2,1H3/t10-,12-,14-/m0/s1. The average molecular weight is 246 g/mol. The number of carbonyl (C=O) groups is 1. The van der Waals surface area contributed by atoms with Crippen LogP contribution in [0.4, 0.5) is 0 Å². The monoisotopic (exact) mass is 246 g/mol. The number of benzene rings is 1. The van der Waals surface area contributed by atoms with Crippen molar-refractivity contribution in [1.82, 2.24) is 0 Å². The zero-order valence-corrected chi connectivity index (χ0v) is 10.4. The Morgan fingerprint density at radius 2 is 2.06 bits per heavy atom. The highest BCUT2D eigenvalue weighted by atomic mass is 32.2. The molecule has 1 saturated heterocycles. The number of esters is 1. The van der Waals surface area contributed by atoms with E-state index in [4.69, 9.17) is 4.74 Å². The Hall–Kier alpha value is -1.22. The highest BCUT2D eigenvalue weighted by molar-refractivity contribution is 8.01. The molecule has 0 N–H and O–H groups in total. The maximum atomic E-state index is 12.2. The van der Waals surface area contributed by atoms with Gasteiger partial charge < -0.3 is 4.74 Å². The summed E-state index contributed by atoms with van der Waals surface area (Å²) >= 11 is 1.70. The summed E-state index contributed by atoms with van der Waals surface area (Å²) in [6.45, 7) is 2.62. The molecule has 0 bridgehead atoms. The molecule has 0 radical (unpaired) electrons. The third-order valence-corrected chi connectivity index (χ3v) is 5.01. The first kappa shape index (κ1) is 10.9. The van der Waals surface area contributed by atoms with E-state index in [1.807, 2.05) is 30.3 Å².